The first kappa shape index (κ1) is 11.3. The van der Waals surface area contributed by atoms with Crippen LogP contribution in [0.1, 0.15) is 20.3 Å². The monoisotopic (exact) mass is 181 g/mol. The number of carbonyl (C=O) groups excluding carboxylic acids is 1. The van der Waals surface area contributed by atoms with E-state index in [1.165, 1.54) is 0 Å². The van der Waals surface area contributed by atoms with Gasteiger partial charge in [-0.05, 0) is 0 Å². The lowest BCUT2D eigenvalue weighted by atomic mass is 10.2. The minimum absolute atomic E-state index is 0.429. The molecule has 0 aromatic rings. The zero-order valence-electron chi connectivity index (χ0n) is 7.10. The van der Waals surface area contributed by atoms with Crippen LogP contribution in [0.3, 0.4) is 0 Å². The number of halogens is 2. The molecule has 0 aromatic heterocycles. The fourth-order valence-corrected chi connectivity index (χ4v) is 0.854. The minimum Gasteiger partial charge on any atom is -0.394 e. The van der Waals surface area contributed by atoms with Crippen LogP contribution in [0.25, 0.3) is 0 Å². The second-order valence-electron chi connectivity index (χ2n) is 2.26. The highest BCUT2D eigenvalue weighted by Gasteiger charge is 2.47. The summed E-state index contributed by atoms with van der Waals surface area (Å²) in [5.41, 5.74) is 0. The molecule has 1 saturated heterocycles. The molecule has 12 heavy (non-hydrogen) atoms. The number of rotatable bonds is 1. The van der Waals surface area contributed by atoms with Crippen LogP contribution in [0, 0.1) is 0 Å². The Morgan fingerprint density at radius 1 is 1.67 bits per heavy atom. The van der Waals surface area contributed by atoms with E-state index >= 15 is 0 Å². The van der Waals surface area contributed by atoms with Gasteiger partial charge in [-0.15, -0.1) is 0 Å². The van der Waals surface area contributed by atoms with E-state index in [1.54, 1.807) is 0 Å². The Morgan fingerprint density at radius 2 is 2.17 bits per heavy atom. The molecule has 1 atom stereocenters. The molecule has 1 fully saturated rings. The van der Waals surface area contributed by atoms with Crippen LogP contribution in [-0.4, -0.2) is 29.6 Å². The quantitative estimate of drug-likeness (QED) is 0.620. The number of hydrogen-bond donors (Lipinski definition) is 2. The summed E-state index contributed by atoms with van der Waals surface area (Å²) in [5.74, 6) is -4.57. The average molecular weight is 181 g/mol. The van der Waals surface area contributed by atoms with E-state index < -0.39 is 30.9 Å². The molecule has 1 rings (SSSR count). The zero-order valence-corrected chi connectivity index (χ0v) is 7.10. The number of aliphatic hydroxyl groups is 1. The van der Waals surface area contributed by atoms with Crippen LogP contribution in [0.2, 0.25) is 0 Å². The molecule has 2 N–H and O–H groups in total. The van der Waals surface area contributed by atoms with Gasteiger partial charge in [0, 0.05) is 6.42 Å². The van der Waals surface area contributed by atoms with E-state index in [2.05, 4.69) is 0 Å². The van der Waals surface area contributed by atoms with Crippen molar-refractivity contribution in [1.82, 2.24) is 5.32 Å². The zero-order chi connectivity index (χ0) is 9.78. The van der Waals surface area contributed by atoms with E-state index in [4.69, 9.17) is 5.11 Å². The summed E-state index contributed by atoms with van der Waals surface area (Å²) in [6, 6.07) is -0.775. The molecule has 3 nitrogen and oxygen atoms in total. The summed E-state index contributed by atoms with van der Waals surface area (Å²) in [6.45, 7) is 3.57. The van der Waals surface area contributed by atoms with E-state index in [1.807, 2.05) is 19.2 Å². The lowest BCUT2D eigenvalue weighted by molar-refractivity contribution is -0.139. The smallest absolute Gasteiger partial charge is 0.326 e. The maximum absolute atomic E-state index is 12.3. The molecule has 1 unspecified atom stereocenters. The molecular weight excluding hydrogens is 168 g/mol. The second kappa shape index (κ2) is 4.35. The van der Waals surface area contributed by atoms with E-state index in [9.17, 15) is 13.6 Å². The first-order valence-corrected chi connectivity index (χ1v) is 3.86. The fraction of sp³-hybridized carbons (Fsp3) is 0.857. The molecular formula is C7H13F2NO2. The van der Waals surface area contributed by atoms with Crippen LogP contribution < -0.4 is 5.32 Å². The average Bonchev–Trinajstić information content (AvgIpc) is 2.30. The standard InChI is InChI=1S/C5H7F2NO2.C2H6/c6-5(7)1-3(2-9)8-4(5)10;1-2/h3,9H,1-2H2,(H,8,10);1-2H3. The molecule has 1 heterocycles. The highest BCUT2D eigenvalue weighted by molar-refractivity contribution is 5.85. The third kappa shape index (κ3) is 2.41. The largest absolute Gasteiger partial charge is 0.394 e. The van der Waals surface area contributed by atoms with Gasteiger partial charge in [0.25, 0.3) is 5.91 Å². The summed E-state index contributed by atoms with van der Waals surface area (Å²) >= 11 is 0. The summed E-state index contributed by atoms with van der Waals surface area (Å²) < 4.78 is 24.5. The predicted octanol–water partition coefficient (Wildman–Crippen LogP) is 0.529. The Labute approximate surface area is 69.8 Å². The summed E-state index contributed by atoms with van der Waals surface area (Å²) in [6.07, 6.45) is -0.595. The highest BCUT2D eigenvalue weighted by atomic mass is 19.3. The molecule has 72 valence electrons. The van der Waals surface area contributed by atoms with Gasteiger partial charge >= 0.3 is 5.92 Å². The normalized spacial score (nSPS) is 25.8. The molecule has 0 aliphatic carbocycles. The van der Waals surface area contributed by atoms with Crippen molar-refractivity contribution < 1.29 is 18.7 Å². The van der Waals surface area contributed by atoms with Gasteiger partial charge in [0.1, 0.15) is 0 Å². The fourth-order valence-electron chi connectivity index (χ4n) is 0.854. The minimum atomic E-state index is -3.28. The highest BCUT2D eigenvalue weighted by Crippen LogP contribution is 2.25. The molecule has 5 heteroatoms. The Kier molecular flexibility index (Phi) is 4.09. The SMILES string of the molecule is CC.O=C1NC(CO)CC1(F)F. The van der Waals surface area contributed by atoms with Crippen LogP contribution in [0.4, 0.5) is 8.78 Å². The Morgan fingerprint density at radius 3 is 2.33 bits per heavy atom. The van der Waals surface area contributed by atoms with Gasteiger partial charge in [-0.1, -0.05) is 13.8 Å². The topological polar surface area (TPSA) is 49.3 Å². The Balaban J connectivity index is 0.000000561. The van der Waals surface area contributed by atoms with Crippen LogP contribution in [0.15, 0.2) is 0 Å². The van der Waals surface area contributed by atoms with Gasteiger partial charge in [0.05, 0.1) is 12.6 Å². The Bertz CT molecular complexity index is 161. The van der Waals surface area contributed by atoms with Crippen molar-refractivity contribution in [3.63, 3.8) is 0 Å². The number of alkyl halides is 2. The number of amides is 1. The van der Waals surface area contributed by atoms with Gasteiger partial charge in [-0.3, -0.25) is 4.79 Å². The molecule has 0 spiro atoms. The lowest BCUT2D eigenvalue weighted by Crippen LogP contribution is -2.31. The summed E-state index contributed by atoms with van der Waals surface area (Å²) in [4.78, 5) is 10.3. The third-order valence-electron chi connectivity index (χ3n) is 1.39. The molecule has 1 aliphatic heterocycles. The van der Waals surface area contributed by atoms with Gasteiger partial charge in [0.2, 0.25) is 0 Å². The number of nitrogens with one attached hydrogen (secondary N) is 1. The van der Waals surface area contributed by atoms with Gasteiger partial charge in [-0.25, -0.2) is 0 Å². The lowest BCUT2D eigenvalue weighted by Gasteiger charge is -2.02. The van der Waals surface area contributed by atoms with Crippen molar-refractivity contribution in [2.45, 2.75) is 32.2 Å². The van der Waals surface area contributed by atoms with Crippen LogP contribution in [0.5, 0.6) is 0 Å². The first-order chi connectivity index (χ1) is 5.56. The first-order valence-electron chi connectivity index (χ1n) is 3.86. The molecule has 0 bridgehead atoms. The molecule has 0 radical (unpaired) electrons. The maximum atomic E-state index is 12.3. The molecule has 0 saturated carbocycles. The van der Waals surface area contributed by atoms with Crippen LogP contribution in [-0.2, 0) is 4.79 Å². The van der Waals surface area contributed by atoms with Crippen molar-refractivity contribution >= 4 is 5.91 Å². The summed E-state index contributed by atoms with van der Waals surface area (Å²) in [7, 11) is 0. The number of hydrogen-bond acceptors (Lipinski definition) is 2. The second-order valence-corrected chi connectivity index (χ2v) is 2.26. The molecule has 1 aliphatic rings. The van der Waals surface area contributed by atoms with Crippen LogP contribution >= 0.6 is 0 Å². The van der Waals surface area contributed by atoms with Crippen molar-refractivity contribution in [2.75, 3.05) is 6.61 Å². The van der Waals surface area contributed by atoms with Gasteiger partial charge in [0.15, 0.2) is 0 Å². The maximum Gasteiger partial charge on any atom is 0.326 e. The van der Waals surface area contributed by atoms with E-state index in [-0.39, 0.29) is 0 Å². The van der Waals surface area contributed by atoms with E-state index in [0.717, 1.165) is 0 Å². The van der Waals surface area contributed by atoms with E-state index in [0.29, 0.717) is 0 Å². The van der Waals surface area contributed by atoms with Gasteiger partial charge < -0.3 is 10.4 Å². The Hall–Kier alpha value is -0.710. The number of carbonyl (C=O) groups is 1. The van der Waals surface area contributed by atoms with Crippen molar-refractivity contribution in [1.29, 1.82) is 0 Å². The third-order valence-corrected chi connectivity index (χ3v) is 1.39. The van der Waals surface area contributed by atoms with Gasteiger partial charge in [-0.2, -0.15) is 8.78 Å². The van der Waals surface area contributed by atoms with Crippen molar-refractivity contribution in [3.8, 4) is 0 Å². The number of aliphatic hydroxyl groups excluding tert-OH is 1. The molecule has 1 amide bonds. The molecule has 0 aromatic carbocycles. The summed E-state index contributed by atoms with van der Waals surface area (Å²) in [5, 5.41) is 10.3. The predicted molar refractivity (Wildman–Crippen MR) is 39.9 cm³/mol. The van der Waals surface area contributed by atoms with Crippen molar-refractivity contribution in [2.24, 2.45) is 0 Å². The van der Waals surface area contributed by atoms with Crippen molar-refractivity contribution in [3.05, 3.63) is 0 Å².